The molecule has 6 aromatic carbocycles. The van der Waals surface area contributed by atoms with Crippen LogP contribution in [-0.2, 0) is 0 Å². The molecule has 8 aromatic rings. The summed E-state index contributed by atoms with van der Waals surface area (Å²) in [6.45, 7) is 0. The van der Waals surface area contributed by atoms with Crippen molar-refractivity contribution in [2.75, 3.05) is 4.90 Å². The van der Waals surface area contributed by atoms with Crippen molar-refractivity contribution >= 4 is 48.7 Å². The Morgan fingerprint density at radius 1 is 0.432 bits per heavy atom. The molecule has 2 nitrogen and oxygen atoms in total. The van der Waals surface area contributed by atoms with Gasteiger partial charge in [0, 0.05) is 33.2 Å². The first kappa shape index (κ1) is 26.1. The fraction of sp³-hybridized carbons (Fsp3) is 0. The molecule has 0 radical (unpaired) electrons. The van der Waals surface area contributed by atoms with E-state index in [0.29, 0.717) is 0 Å². The number of rotatable bonds is 6. The molecule has 0 unspecified atom stereocenters. The van der Waals surface area contributed by atoms with E-state index in [4.69, 9.17) is 0 Å². The van der Waals surface area contributed by atoms with Gasteiger partial charge in [0.25, 0.3) is 0 Å². The lowest BCUT2D eigenvalue weighted by Gasteiger charge is -2.28. The van der Waals surface area contributed by atoms with Gasteiger partial charge in [-0.05, 0) is 76.3 Å². The molecule has 0 aliphatic rings. The van der Waals surface area contributed by atoms with Gasteiger partial charge in [-0.25, -0.2) is 0 Å². The summed E-state index contributed by atoms with van der Waals surface area (Å²) in [6.07, 6.45) is 1.88. The Morgan fingerprint density at radius 2 is 1.00 bits per heavy atom. The average molecular weight is 581 g/mol. The number of aromatic nitrogens is 1. The summed E-state index contributed by atoms with van der Waals surface area (Å²) in [5.74, 6) is 0. The molecule has 0 saturated carbocycles. The lowest BCUT2D eigenvalue weighted by Crippen LogP contribution is -2.11. The summed E-state index contributed by atoms with van der Waals surface area (Å²) in [7, 11) is 0. The molecule has 3 heteroatoms. The number of fused-ring (bicyclic) bond motifs is 3. The van der Waals surface area contributed by atoms with E-state index in [1.807, 2.05) is 12.3 Å². The predicted octanol–water partition coefficient (Wildman–Crippen LogP) is 11.9. The molecule has 44 heavy (non-hydrogen) atoms. The molecule has 0 fully saturated rings. The largest absolute Gasteiger partial charge is 0.310 e. The third-order valence-electron chi connectivity index (χ3n) is 8.15. The third kappa shape index (κ3) is 4.84. The van der Waals surface area contributed by atoms with Crippen LogP contribution < -0.4 is 4.90 Å². The zero-order valence-electron chi connectivity index (χ0n) is 24.0. The highest BCUT2D eigenvalue weighted by Gasteiger charge is 2.18. The van der Waals surface area contributed by atoms with Crippen LogP contribution in [0.2, 0.25) is 0 Å². The molecule has 208 valence electrons. The Labute approximate surface area is 261 Å². The molecule has 0 spiro atoms. The number of nitrogens with zero attached hydrogens (tertiary/aromatic N) is 2. The molecule has 0 aliphatic carbocycles. The number of hydrogen-bond donors (Lipinski definition) is 0. The summed E-state index contributed by atoms with van der Waals surface area (Å²) in [6, 6.07) is 58.5. The highest BCUT2D eigenvalue weighted by molar-refractivity contribution is 7.25. The van der Waals surface area contributed by atoms with Gasteiger partial charge in [0.15, 0.2) is 0 Å². The van der Waals surface area contributed by atoms with Gasteiger partial charge in [0.1, 0.15) is 0 Å². The van der Waals surface area contributed by atoms with Crippen molar-refractivity contribution in [3.8, 4) is 33.4 Å². The maximum Gasteiger partial charge on any atom is 0.0888 e. The minimum absolute atomic E-state index is 1.07. The second-order valence-electron chi connectivity index (χ2n) is 10.8. The van der Waals surface area contributed by atoms with Gasteiger partial charge < -0.3 is 4.90 Å². The van der Waals surface area contributed by atoms with Gasteiger partial charge in [-0.2, -0.15) is 0 Å². The first-order valence-corrected chi connectivity index (χ1v) is 15.6. The van der Waals surface area contributed by atoms with Crippen LogP contribution in [0.15, 0.2) is 170 Å². The maximum atomic E-state index is 4.67. The zero-order chi connectivity index (χ0) is 29.3. The van der Waals surface area contributed by atoms with Gasteiger partial charge in [0.2, 0.25) is 0 Å². The summed E-state index contributed by atoms with van der Waals surface area (Å²) in [5, 5.41) is 1.19. The quantitative estimate of drug-likeness (QED) is 0.194. The molecule has 2 heterocycles. The lowest BCUT2D eigenvalue weighted by atomic mass is 9.99. The van der Waals surface area contributed by atoms with Crippen LogP contribution in [0.3, 0.4) is 0 Å². The average Bonchev–Trinajstić information content (AvgIpc) is 3.48. The second-order valence-corrected chi connectivity index (χ2v) is 11.9. The fourth-order valence-corrected chi connectivity index (χ4v) is 7.07. The van der Waals surface area contributed by atoms with E-state index in [1.54, 1.807) is 11.3 Å². The Hall–Kier alpha value is -5.51. The first-order valence-electron chi connectivity index (χ1n) is 14.8. The normalized spacial score (nSPS) is 11.2. The smallest absolute Gasteiger partial charge is 0.0888 e. The molecule has 0 bridgehead atoms. The van der Waals surface area contributed by atoms with E-state index in [1.165, 1.54) is 48.2 Å². The number of anilines is 3. The molecular weight excluding hydrogens is 553 g/mol. The van der Waals surface area contributed by atoms with Crippen molar-refractivity contribution in [3.05, 3.63) is 170 Å². The standard InChI is InChI=1S/C41H28N2S/c1-3-10-29(11-4-1)30-17-19-31(20-18-30)32-21-23-34(24-22-32)43(38-15-8-7-14-36(38)33-12-5-2-6-13-33)35-25-26-37-40(28-35)44-39-16-9-27-42-41(37)39/h1-28H. The minimum atomic E-state index is 1.07. The van der Waals surface area contributed by atoms with Crippen molar-refractivity contribution in [3.63, 3.8) is 0 Å². The summed E-state index contributed by atoms with van der Waals surface area (Å²) >= 11 is 1.79. The molecule has 0 amide bonds. The second kappa shape index (κ2) is 11.3. The highest BCUT2D eigenvalue weighted by atomic mass is 32.1. The van der Waals surface area contributed by atoms with Crippen molar-refractivity contribution < 1.29 is 0 Å². The Balaban J connectivity index is 1.23. The highest BCUT2D eigenvalue weighted by Crippen LogP contribution is 2.43. The van der Waals surface area contributed by atoms with Crippen LogP contribution in [0.25, 0.3) is 53.7 Å². The molecule has 8 rings (SSSR count). The molecule has 2 aromatic heterocycles. The van der Waals surface area contributed by atoms with Crippen molar-refractivity contribution in [2.24, 2.45) is 0 Å². The molecule has 0 saturated heterocycles. The summed E-state index contributed by atoms with van der Waals surface area (Å²) in [4.78, 5) is 7.05. The third-order valence-corrected chi connectivity index (χ3v) is 9.26. The maximum absolute atomic E-state index is 4.67. The molecule has 0 atom stereocenters. The molecule has 0 N–H and O–H groups in total. The van der Waals surface area contributed by atoms with Crippen LogP contribution in [0, 0.1) is 0 Å². The number of hydrogen-bond acceptors (Lipinski definition) is 3. The van der Waals surface area contributed by atoms with Gasteiger partial charge in [-0.15, -0.1) is 11.3 Å². The van der Waals surface area contributed by atoms with Crippen molar-refractivity contribution in [1.82, 2.24) is 4.98 Å². The zero-order valence-corrected chi connectivity index (χ0v) is 24.8. The topological polar surface area (TPSA) is 16.1 Å². The number of thiophene rings is 1. The Kier molecular flexibility index (Phi) is 6.71. The minimum Gasteiger partial charge on any atom is -0.310 e. The summed E-state index contributed by atoms with van der Waals surface area (Å²) < 4.78 is 2.44. The van der Waals surface area contributed by atoms with Crippen LogP contribution >= 0.6 is 11.3 Å². The summed E-state index contributed by atoms with van der Waals surface area (Å²) in [5.41, 5.74) is 11.7. The monoisotopic (exact) mass is 580 g/mol. The predicted molar refractivity (Wildman–Crippen MR) is 188 cm³/mol. The van der Waals surface area contributed by atoms with E-state index >= 15 is 0 Å². The van der Waals surface area contributed by atoms with Crippen molar-refractivity contribution in [2.45, 2.75) is 0 Å². The van der Waals surface area contributed by atoms with E-state index in [-0.39, 0.29) is 0 Å². The van der Waals surface area contributed by atoms with E-state index < -0.39 is 0 Å². The van der Waals surface area contributed by atoms with Crippen LogP contribution in [-0.4, -0.2) is 4.98 Å². The number of para-hydroxylation sites is 1. The molecule has 0 aliphatic heterocycles. The van der Waals surface area contributed by atoms with E-state index in [9.17, 15) is 0 Å². The van der Waals surface area contributed by atoms with Gasteiger partial charge in [0.05, 0.1) is 15.9 Å². The van der Waals surface area contributed by atoms with Gasteiger partial charge in [-0.1, -0.05) is 115 Å². The molecular formula is C41H28N2S. The van der Waals surface area contributed by atoms with Crippen LogP contribution in [0.5, 0.6) is 0 Å². The fourth-order valence-electron chi connectivity index (χ4n) is 5.97. The Morgan fingerprint density at radius 3 is 1.70 bits per heavy atom. The van der Waals surface area contributed by atoms with Crippen LogP contribution in [0.1, 0.15) is 0 Å². The number of pyridine rings is 1. The first-order chi connectivity index (χ1) is 21.8. The van der Waals surface area contributed by atoms with Crippen LogP contribution in [0.4, 0.5) is 17.1 Å². The van der Waals surface area contributed by atoms with Gasteiger partial charge >= 0.3 is 0 Å². The Bertz CT molecular complexity index is 2200. The number of benzene rings is 6. The van der Waals surface area contributed by atoms with E-state index in [0.717, 1.165) is 22.6 Å². The van der Waals surface area contributed by atoms with E-state index in [2.05, 4.69) is 168 Å². The SMILES string of the molecule is c1ccc(-c2ccc(-c3ccc(N(c4ccc5c(c4)sc4cccnc45)c4ccccc4-c4ccccc4)cc3)cc2)cc1. The van der Waals surface area contributed by atoms with Crippen molar-refractivity contribution in [1.29, 1.82) is 0 Å². The van der Waals surface area contributed by atoms with Gasteiger partial charge in [-0.3, -0.25) is 4.98 Å². The lowest BCUT2D eigenvalue weighted by molar-refractivity contribution is 1.29.